The molecule has 0 fully saturated rings. The number of aromatic amines is 1. The summed E-state index contributed by atoms with van der Waals surface area (Å²) in [5.41, 5.74) is 4.50. The molecule has 0 unspecified atom stereocenters. The summed E-state index contributed by atoms with van der Waals surface area (Å²) in [4.78, 5) is 2.29. The van der Waals surface area contributed by atoms with Crippen LogP contribution in [0.4, 0.5) is 0 Å². The molecule has 0 aliphatic carbocycles. The number of hydrogen-bond donors (Lipinski definition) is 2. The summed E-state index contributed by atoms with van der Waals surface area (Å²) < 4.78 is 0.695. The molecule has 18 heavy (non-hydrogen) atoms. The molecule has 3 rings (SSSR count). The van der Waals surface area contributed by atoms with E-state index in [2.05, 4.69) is 38.1 Å². The van der Waals surface area contributed by atoms with Crippen LogP contribution >= 0.6 is 15.9 Å². The van der Waals surface area contributed by atoms with E-state index in [1.165, 1.54) is 11.3 Å². The van der Waals surface area contributed by atoms with Gasteiger partial charge in [-0.2, -0.15) is 5.10 Å². The highest BCUT2D eigenvalue weighted by molar-refractivity contribution is 9.10. The van der Waals surface area contributed by atoms with Crippen molar-refractivity contribution < 1.29 is 5.11 Å². The Hall–Kier alpha value is -1.33. The van der Waals surface area contributed by atoms with Gasteiger partial charge in [-0.25, -0.2) is 0 Å². The van der Waals surface area contributed by atoms with Gasteiger partial charge in [-0.3, -0.25) is 5.10 Å². The molecule has 0 bridgehead atoms. The summed E-state index contributed by atoms with van der Waals surface area (Å²) in [6.45, 7) is 1.98. The molecule has 94 valence electrons. The lowest BCUT2D eigenvalue weighted by Crippen LogP contribution is -2.26. The maximum Gasteiger partial charge on any atom is 0.129 e. The van der Waals surface area contributed by atoms with Crippen molar-refractivity contribution in [3.63, 3.8) is 0 Å². The van der Waals surface area contributed by atoms with Gasteiger partial charge < -0.3 is 10.0 Å². The summed E-state index contributed by atoms with van der Waals surface area (Å²) in [7, 11) is 2.12. The number of nitrogens with one attached hydrogen (secondary N) is 1. The minimum absolute atomic E-state index is 0.250. The number of H-pyrrole nitrogens is 1. The van der Waals surface area contributed by atoms with Crippen LogP contribution in [0, 0.1) is 0 Å². The van der Waals surface area contributed by atoms with Gasteiger partial charge in [0.2, 0.25) is 0 Å². The van der Waals surface area contributed by atoms with Gasteiger partial charge in [-0.05, 0) is 41.2 Å². The Kier molecular flexibility index (Phi) is 2.87. The predicted molar refractivity (Wildman–Crippen MR) is 73.4 cm³/mol. The SMILES string of the molecule is CN1CCc2[nH]nc(-c3ccc(O)c(Br)c3)c2C1. The highest BCUT2D eigenvalue weighted by atomic mass is 79.9. The molecule has 0 atom stereocenters. The first-order valence-electron chi connectivity index (χ1n) is 5.88. The minimum atomic E-state index is 0.250. The van der Waals surface area contributed by atoms with Gasteiger partial charge in [0.15, 0.2) is 0 Å². The van der Waals surface area contributed by atoms with Crippen molar-refractivity contribution in [3.8, 4) is 17.0 Å². The maximum atomic E-state index is 9.54. The molecule has 0 radical (unpaired) electrons. The van der Waals surface area contributed by atoms with E-state index in [4.69, 9.17) is 0 Å². The van der Waals surface area contributed by atoms with Crippen molar-refractivity contribution in [1.29, 1.82) is 0 Å². The van der Waals surface area contributed by atoms with E-state index >= 15 is 0 Å². The molecule has 5 heteroatoms. The van der Waals surface area contributed by atoms with Crippen LogP contribution in [0.2, 0.25) is 0 Å². The molecule has 0 spiro atoms. The third-order valence-electron chi connectivity index (χ3n) is 3.35. The number of hydrogen-bond acceptors (Lipinski definition) is 3. The van der Waals surface area contributed by atoms with E-state index in [1.54, 1.807) is 6.07 Å². The van der Waals surface area contributed by atoms with Crippen LogP contribution in [0.5, 0.6) is 5.75 Å². The molecule has 0 amide bonds. The number of aromatic nitrogens is 2. The number of likely N-dealkylation sites (N-methyl/N-ethyl adjacent to an activating group) is 1. The molecule has 2 aromatic rings. The lowest BCUT2D eigenvalue weighted by molar-refractivity contribution is 0.312. The zero-order valence-electron chi connectivity index (χ0n) is 10.1. The summed E-state index contributed by atoms with van der Waals surface area (Å²) in [5.74, 6) is 0.250. The second kappa shape index (κ2) is 4.40. The van der Waals surface area contributed by atoms with E-state index in [0.717, 1.165) is 30.8 Å². The fourth-order valence-corrected chi connectivity index (χ4v) is 2.70. The number of phenols is 1. The predicted octanol–water partition coefficient (Wildman–Crippen LogP) is 2.53. The molecule has 2 N–H and O–H groups in total. The van der Waals surface area contributed by atoms with Crippen molar-refractivity contribution in [1.82, 2.24) is 15.1 Å². The first kappa shape index (κ1) is 11.7. The Balaban J connectivity index is 2.07. The van der Waals surface area contributed by atoms with Crippen LogP contribution in [0.15, 0.2) is 22.7 Å². The fraction of sp³-hybridized carbons (Fsp3) is 0.308. The quantitative estimate of drug-likeness (QED) is 0.851. The topological polar surface area (TPSA) is 52.2 Å². The lowest BCUT2D eigenvalue weighted by atomic mass is 10.0. The summed E-state index contributed by atoms with van der Waals surface area (Å²) in [6.07, 6.45) is 1.01. The summed E-state index contributed by atoms with van der Waals surface area (Å²) in [5, 5.41) is 17.1. The summed E-state index contributed by atoms with van der Waals surface area (Å²) >= 11 is 3.34. The van der Waals surface area contributed by atoms with E-state index in [9.17, 15) is 5.11 Å². The Morgan fingerprint density at radius 3 is 3.06 bits per heavy atom. The molecule has 1 aliphatic rings. The van der Waals surface area contributed by atoms with Gasteiger partial charge in [0.1, 0.15) is 5.75 Å². The average molecular weight is 308 g/mol. The smallest absolute Gasteiger partial charge is 0.129 e. The number of aromatic hydroxyl groups is 1. The Morgan fingerprint density at radius 1 is 1.44 bits per heavy atom. The fourth-order valence-electron chi connectivity index (χ4n) is 2.32. The monoisotopic (exact) mass is 307 g/mol. The average Bonchev–Trinajstić information content (AvgIpc) is 2.75. The van der Waals surface area contributed by atoms with Gasteiger partial charge >= 0.3 is 0 Å². The van der Waals surface area contributed by atoms with Gasteiger partial charge in [0, 0.05) is 36.3 Å². The molecule has 2 heterocycles. The van der Waals surface area contributed by atoms with E-state index in [0.29, 0.717) is 4.47 Å². The standard InChI is InChI=1S/C13H14BrN3O/c1-17-5-4-11-9(7-17)13(16-15-11)8-2-3-12(18)10(14)6-8/h2-3,6,18H,4-5,7H2,1H3,(H,15,16). The first-order chi connectivity index (χ1) is 8.65. The van der Waals surface area contributed by atoms with Crippen LogP contribution in [-0.2, 0) is 13.0 Å². The van der Waals surface area contributed by atoms with Crippen LogP contribution in [0.25, 0.3) is 11.3 Å². The molecule has 1 aromatic carbocycles. The van der Waals surface area contributed by atoms with Crippen molar-refractivity contribution in [2.24, 2.45) is 0 Å². The zero-order chi connectivity index (χ0) is 12.7. The number of benzene rings is 1. The Labute approximate surface area is 114 Å². The molecule has 1 aliphatic heterocycles. The second-order valence-electron chi connectivity index (χ2n) is 4.68. The van der Waals surface area contributed by atoms with Crippen molar-refractivity contribution >= 4 is 15.9 Å². The van der Waals surface area contributed by atoms with Gasteiger partial charge in [0.25, 0.3) is 0 Å². The van der Waals surface area contributed by atoms with Crippen molar-refractivity contribution in [2.75, 3.05) is 13.6 Å². The van der Waals surface area contributed by atoms with Crippen LogP contribution in [-0.4, -0.2) is 33.8 Å². The Bertz CT molecular complexity index is 594. The molecule has 0 saturated heterocycles. The lowest BCUT2D eigenvalue weighted by Gasteiger charge is -2.22. The number of nitrogens with zero attached hydrogens (tertiary/aromatic N) is 2. The highest BCUT2D eigenvalue weighted by Gasteiger charge is 2.20. The molecule has 4 nitrogen and oxygen atoms in total. The number of phenolic OH excluding ortho intramolecular Hbond substituents is 1. The van der Waals surface area contributed by atoms with Crippen LogP contribution in [0.3, 0.4) is 0 Å². The van der Waals surface area contributed by atoms with Crippen LogP contribution < -0.4 is 0 Å². The third kappa shape index (κ3) is 1.93. The van der Waals surface area contributed by atoms with Gasteiger partial charge in [0.05, 0.1) is 10.2 Å². The molecule has 0 saturated carbocycles. The second-order valence-corrected chi connectivity index (χ2v) is 5.54. The van der Waals surface area contributed by atoms with Crippen molar-refractivity contribution in [3.05, 3.63) is 33.9 Å². The number of fused-ring (bicyclic) bond motifs is 1. The van der Waals surface area contributed by atoms with Gasteiger partial charge in [-0.15, -0.1) is 0 Å². The minimum Gasteiger partial charge on any atom is -0.507 e. The normalized spacial score (nSPS) is 15.7. The third-order valence-corrected chi connectivity index (χ3v) is 3.98. The van der Waals surface area contributed by atoms with E-state index in [1.807, 2.05) is 12.1 Å². The van der Waals surface area contributed by atoms with Crippen molar-refractivity contribution in [2.45, 2.75) is 13.0 Å². The van der Waals surface area contributed by atoms with E-state index < -0.39 is 0 Å². The van der Waals surface area contributed by atoms with Crippen LogP contribution in [0.1, 0.15) is 11.3 Å². The largest absolute Gasteiger partial charge is 0.507 e. The highest BCUT2D eigenvalue weighted by Crippen LogP contribution is 2.32. The summed E-state index contributed by atoms with van der Waals surface area (Å²) in [6, 6.07) is 5.48. The Morgan fingerprint density at radius 2 is 2.28 bits per heavy atom. The van der Waals surface area contributed by atoms with Gasteiger partial charge in [-0.1, -0.05) is 0 Å². The maximum absolute atomic E-state index is 9.54. The molecular weight excluding hydrogens is 294 g/mol. The molecular formula is C13H14BrN3O. The zero-order valence-corrected chi connectivity index (χ0v) is 11.7. The molecule has 1 aromatic heterocycles. The number of halogens is 1. The van der Waals surface area contributed by atoms with E-state index in [-0.39, 0.29) is 5.75 Å². The number of rotatable bonds is 1. The first-order valence-corrected chi connectivity index (χ1v) is 6.68.